The fourth-order valence-corrected chi connectivity index (χ4v) is 15.5. The summed E-state index contributed by atoms with van der Waals surface area (Å²) >= 11 is 13.8. The van der Waals surface area contributed by atoms with Crippen LogP contribution in [0.5, 0.6) is 0 Å². The zero-order valence-electron chi connectivity index (χ0n) is 80.0. The summed E-state index contributed by atoms with van der Waals surface area (Å²) in [4.78, 5) is 33.7. The van der Waals surface area contributed by atoms with E-state index in [1.165, 1.54) is 64.3 Å². The fraction of sp³-hybridized carbons (Fsp3) is 0.560. The lowest BCUT2D eigenvalue weighted by atomic mass is 9.87. The lowest BCUT2D eigenvalue weighted by Crippen LogP contribution is -2.16. The van der Waals surface area contributed by atoms with Crippen molar-refractivity contribution < 1.29 is 4.42 Å². The van der Waals surface area contributed by atoms with Gasteiger partial charge >= 0.3 is 0 Å². The molecule has 0 atom stereocenters. The van der Waals surface area contributed by atoms with Gasteiger partial charge in [0, 0.05) is 93.0 Å². The van der Waals surface area contributed by atoms with Crippen molar-refractivity contribution in [2.75, 3.05) is 13.1 Å². The number of rotatable bonds is 0. The van der Waals surface area contributed by atoms with Gasteiger partial charge in [-0.25, -0.2) is 24.9 Å². The molecule has 17 heteroatoms. The molecule has 0 N–H and O–H groups in total. The maximum atomic E-state index is 5.20. The van der Waals surface area contributed by atoms with E-state index in [0.29, 0.717) is 32.5 Å². The Balaban J connectivity index is 0.000000634. The Morgan fingerprint density at radius 1 is 0.342 bits per heavy atom. The molecule has 0 spiro atoms. The fourth-order valence-electron chi connectivity index (χ4n) is 9.40. The zero-order chi connectivity index (χ0) is 89.8. The largest absolute Gasteiger partial charge is 0.469 e. The average molecular weight is 1740 g/mol. The second-order valence-corrected chi connectivity index (χ2v) is 49.1. The van der Waals surface area contributed by atoms with E-state index < -0.39 is 0 Å². The van der Waals surface area contributed by atoms with E-state index in [1.54, 1.807) is 57.9 Å². The molecule has 0 unspecified atom stereocenters. The van der Waals surface area contributed by atoms with Gasteiger partial charge in [0.15, 0.2) is 0 Å². The van der Waals surface area contributed by atoms with Gasteiger partial charge in [-0.3, -0.25) is 9.98 Å². The molecule has 0 amide bonds. The smallest absolute Gasteiger partial charge is 0.129 e. The quantitative estimate of drug-likeness (QED) is 0.149. The Morgan fingerprint density at radius 2 is 0.795 bits per heavy atom. The van der Waals surface area contributed by atoms with Crippen LogP contribution in [-0.2, 0) is 48.7 Å². The summed E-state index contributed by atoms with van der Waals surface area (Å²) in [6.45, 7) is 87.2. The third-order valence-electron chi connectivity index (χ3n) is 16.7. The van der Waals surface area contributed by atoms with Gasteiger partial charge in [0.2, 0.25) is 0 Å². The van der Waals surface area contributed by atoms with Crippen LogP contribution in [0.15, 0.2) is 207 Å². The molecule has 13 rings (SSSR count). The molecular weight excluding hydrogens is 1590 g/mol. The molecule has 0 radical (unpaired) electrons. The highest BCUT2D eigenvalue weighted by Gasteiger charge is 2.24. The zero-order valence-corrected chi connectivity index (χ0v) is 86.5. The summed E-state index contributed by atoms with van der Waals surface area (Å²) in [5.74, 6) is 2.02. The average Bonchev–Trinajstić information content (AvgIpc) is 1.92. The summed E-state index contributed by atoms with van der Waals surface area (Å²) in [5, 5.41) is 20.4. The number of amidine groups is 1. The molecule has 0 saturated carbocycles. The van der Waals surface area contributed by atoms with Crippen molar-refractivity contribution in [3.05, 3.63) is 235 Å². The van der Waals surface area contributed by atoms with Gasteiger partial charge in [0.05, 0.1) is 40.6 Å². The molecule has 0 saturated heterocycles. The monoisotopic (exact) mass is 1740 g/mol. The molecule has 4 aliphatic rings. The molecule has 0 bridgehead atoms. The van der Waals surface area contributed by atoms with Crippen molar-refractivity contribution in [1.82, 2.24) is 24.3 Å². The second kappa shape index (κ2) is 49.4. The molecule has 2 aliphatic carbocycles. The molecule has 9 aromatic heterocycles. The summed E-state index contributed by atoms with van der Waals surface area (Å²) in [5.41, 5.74) is 12.1. The Hall–Kier alpha value is -5.76. The van der Waals surface area contributed by atoms with Gasteiger partial charge in [-0.1, -0.05) is 331 Å². The SMILES string of the molecule is CC(C)(C)C1=CCC=C1.CC(C)(C)C1=CCC=C1.CC(C)(C)C1=NCC=C1.CC(C)(C)C1=NCC=N1.CC(C)(C)c1ccco1.CC(C)(C)c1cccs1.CC(C)(C)c1cccs1.CC(C)(C)c1cccs1.CC(C)(C)c1ccsc1.CC(C)(C)c1cscn1.CC(C)(C)c1nccs1.CC(C)(C)c1nccs1.CC(C)(C)c1ncns1. The Morgan fingerprint density at radius 3 is 0.949 bits per heavy atom. The molecule has 117 heavy (non-hydrogen) atoms. The number of hydrogen-bond donors (Lipinski definition) is 0. The third-order valence-corrected chi connectivity index (χ3v) is 25.3. The van der Waals surface area contributed by atoms with Crippen LogP contribution in [0.3, 0.4) is 0 Å². The minimum Gasteiger partial charge on any atom is -0.469 e. The van der Waals surface area contributed by atoms with E-state index in [0.717, 1.165) is 42.5 Å². The van der Waals surface area contributed by atoms with Crippen LogP contribution in [-0.4, -0.2) is 55.2 Å². The minimum atomic E-state index is 0.132. The number of furan rings is 1. The van der Waals surface area contributed by atoms with Crippen LogP contribution in [0.1, 0.15) is 330 Å². The highest BCUT2D eigenvalue weighted by Crippen LogP contribution is 2.34. The molecule has 2 aliphatic heterocycles. The summed E-state index contributed by atoms with van der Waals surface area (Å²) in [6, 6.07) is 19.0. The first-order valence-corrected chi connectivity index (χ1v) is 48.1. The van der Waals surface area contributed by atoms with Crippen LogP contribution in [0.4, 0.5) is 0 Å². The number of thiophene rings is 4. The topological polar surface area (TPSA) is 115 Å². The summed E-state index contributed by atoms with van der Waals surface area (Å²) in [7, 11) is 0. The minimum absolute atomic E-state index is 0.132. The number of nitrogens with zero attached hydrogens (tertiary/aromatic N) is 8. The molecular formula is C100H156N8OS8. The molecule has 9 aromatic rings. The van der Waals surface area contributed by atoms with Crippen molar-refractivity contribution >= 4 is 109 Å². The summed E-state index contributed by atoms with van der Waals surface area (Å²) in [6.07, 6.45) is 28.8. The number of aliphatic imine (C=N–C) groups is 3. The van der Waals surface area contributed by atoms with Gasteiger partial charge < -0.3 is 4.42 Å². The van der Waals surface area contributed by atoms with Gasteiger partial charge in [-0.15, -0.1) is 68.0 Å². The highest BCUT2D eigenvalue weighted by atomic mass is 32.1. The Kier molecular flexibility index (Phi) is 46.1. The van der Waals surface area contributed by atoms with Gasteiger partial charge in [-0.05, 0) is 143 Å². The van der Waals surface area contributed by atoms with Crippen LogP contribution in [0, 0.1) is 21.7 Å². The van der Waals surface area contributed by atoms with Crippen LogP contribution in [0.25, 0.3) is 0 Å². The van der Waals surface area contributed by atoms with Gasteiger partial charge in [0.1, 0.15) is 22.9 Å². The van der Waals surface area contributed by atoms with Crippen molar-refractivity contribution in [1.29, 1.82) is 0 Å². The van der Waals surface area contributed by atoms with Crippen LogP contribution < -0.4 is 0 Å². The van der Waals surface area contributed by atoms with Crippen molar-refractivity contribution in [2.45, 2.75) is 332 Å². The van der Waals surface area contributed by atoms with Crippen LogP contribution in [0.2, 0.25) is 0 Å². The molecule has 9 nitrogen and oxygen atoms in total. The normalized spacial score (nSPS) is 13.9. The van der Waals surface area contributed by atoms with E-state index in [-0.39, 0.29) is 37.9 Å². The standard InChI is InChI=1S/2C9H14.C8H13N.C8H12O.4C8H12S.C7H12N2.3C7H11NS.C6H10N2S/c2*1-9(2,3)8-6-4-5-7-8;2*1-8(2,3)7-5-4-6-9-7;1-8(2,3)7-4-5-9-6-7;3*1-8(2,3)7-5-4-6-9-7;1-7(2,3)6-8-4-5-9-6;1-7(2,3)6-4-9-5-8-6;2*1-7(2,3)6-8-4-5-9-6;1-6(2,3)5-7-4-8-9-5/h2*4,6-7H,5H2,1-3H3;4-5H,6H2,1-3H3;5*4-6H,1-3H3;4H,5H2,1-3H3;3*4-5H,1-3H3;4H,1-3H3. The van der Waals surface area contributed by atoms with Gasteiger partial charge in [0.25, 0.3) is 0 Å². The third kappa shape index (κ3) is 48.5. The Labute approximate surface area is 747 Å². The first-order valence-electron chi connectivity index (χ1n) is 41.0. The lowest BCUT2D eigenvalue weighted by Gasteiger charge is -2.18. The van der Waals surface area contributed by atoms with E-state index >= 15 is 0 Å². The van der Waals surface area contributed by atoms with E-state index in [9.17, 15) is 0 Å². The first kappa shape index (κ1) is 109. The van der Waals surface area contributed by atoms with Gasteiger partial charge in [-0.2, -0.15) is 15.7 Å². The lowest BCUT2D eigenvalue weighted by molar-refractivity contribution is 0.409. The van der Waals surface area contributed by atoms with Crippen molar-refractivity contribution in [3.63, 3.8) is 0 Å². The van der Waals surface area contributed by atoms with Crippen molar-refractivity contribution in [2.24, 2.45) is 36.6 Å². The maximum absolute atomic E-state index is 5.20. The number of allylic oxidation sites excluding steroid dienone is 9. The summed E-state index contributed by atoms with van der Waals surface area (Å²) < 4.78 is 9.12. The van der Waals surface area contributed by atoms with E-state index in [2.05, 4.69) is 433 Å². The predicted molar refractivity (Wildman–Crippen MR) is 534 cm³/mol. The number of thiazole rings is 3. The van der Waals surface area contributed by atoms with E-state index in [1.807, 2.05) is 81.0 Å². The van der Waals surface area contributed by atoms with E-state index in [4.69, 9.17) is 4.42 Å². The molecule has 0 fully saturated rings. The first-order chi connectivity index (χ1) is 53.4. The molecule has 0 aromatic carbocycles. The number of aromatic nitrogens is 5. The molecule has 650 valence electrons. The maximum Gasteiger partial charge on any atom is 0.129 e. The predicted octanol–water partition coefficient (Wildman–Crippen LogP) is 33.3. The number of hydrogen-bond acceptors (Lipinski definition) is 17. The molecule has 11 heterocycles. The Bertz CT molecular complexity index is 3440. The van der Waals surface area contributed by atoms with Crippen molar-refractivity contribution in [3.8, 4) is 0 Å². The van der Waals surface area contributed by atoms with Crippen LogP contribution >= 0.6 is 90.9 Å². The highest BCUT2D eigenvalue weighted by molar-refractivity contribution is 7.11. The second-order valence-electron chi connectivity index (χ2n) is 42.2.